The van der Waals surface area contributed by atoms with Crippen LogP contribution in [0.4, 0.5) is 0 Å². The first-order chi connectivity index (χ1) is 14.2. The van der Waals surface area contributed by atoms with Crippen molar-refractivity contribution in [1.82, 2.24) is 9.97 Å². The number of benzene rings is 2. The van der Waals surface area contributed by atoms with E-state index in [9.17, 15) is 4.79 Å². The van der Waals surface area contributed by atoms with Crippen LogP contribution in [0.15, 0.2) is 59.4 Å². The molecule has 4 aromatic rings. The molecule has 0 aliphatic carbocycles. The Labute approximate surface area is 173 Å². The summed E-state index contributed by atoms with van der Waals surface area (Å²) in [6.07, 6.45) is 2.05. The Morgan fingerprint density at radius 2 is 1.86 bits per heavy atom. The van der Waals surface area contributed by atoms with Crippen LogP contribution in [0, 0.1) is 0 Å². The summed E-state index contributed by atoms with van der Waals surface area (Å²) in [5.41, 5.74) is 1.70. The quantitative estimate of drug-likeness (QED) is 0.411. The van der Waals surface area contributed by atoms with Crippen LogP contribution in [0.3, 0.4) is 0 Å². The zero-order chi connectivity index (χ0) is 20.2. The van der Waals surface area contributed by atoms with Gasteiger partial charge in [0.25, 0.3) is 5.56 Å². The van der Waals surface area contributed by atoms with Gasteiger partial charge in [-0.1, -0.05) is 43.7 Å². The van der Waals surface area contributed by atoms with Crippen molar-refractivity contribution in [3.05, 3.63) is 65.0 Å². The minimum Gasteiger partial charge on any atom is -0.493 e. The fraction of sp³-hybridized carbons (Fsp3) is 0.217. The Morgan fingerprint density at radius 3 is 2.62 bits per heavy atom. The van der Waals surface area contributed by atoms with E-state index < -0.39 is 0 Å². The molecule has 0 bridgehead atoms. The minimum atomic E-state index is -0.148. The van der Waals surface area contributed by atoms with E-state index in [1.165, 1.54) is 11.3 Å². The van der Waals surface area contributed by atoms with Gasteiger partial charge in [-0.2, -0.15) is 0 Å². The summed E-state index contributed by atoms with van der Waals surface area (Å²) in [6, 6.07) is 17.5. The minimum absolute atomic E-state index is 0.148. The number of ether oxygens (including phenoxy) is 2. The van der Waals surface area contributed by atoms with Crippen LogP contribution in [0.2, 0.25) is 0 Å². The van der Waals surface area contributed by atoms with Gasteiger partial charge < -0.3 is 14.5 Å². The first-order valence-corrected chi connectivity index (χ1v) is 10.4. The van der Waals surface area contributed by atoms with Crippen molar-refractivity contribution in [3.63, 3.8) is 0 Å². The maximum atomic E-state index is 12.7. The highest BCUT2D eigenvalue weighted by molar-refractivity contribution is 7.21. The molecule has 0 unspecified atom stereocenters. The summed E-state index contributed by atoms with van der Waals surface area (Å²) < 4.78 is 11.3. The molecule has 29 heavy (non-hydrogen) atoms. The van der Waals surface area contributed by atoms with Gasteiger partial charge in [-0.05, 0) is 36.2 Å². The van der Waals surface area contributed by atoms with E-state index >= 15 is 0 Å². The first kappa shape index (κ1) is 19.2. The number of methoxy groups -OCH3 is 1. The van der Waals surface area contributed by atoms with Crippen molar-refractivity contribution in [2.45, 2.75) is 19.8 Å². The fourth-order valence-electron chi connectivity index (χ4n) is 3.07. The van der Waals surface area contributed by atoms with Crippen LogP contribution < -0.4 is 15.0 Å². The molecular weight excluding hydrogens is 384 g/mol. The third-order valence-electron chi connectivity index (χ3n) is 4.65. The second-order valence-corrected chi connectivity index (χ2v) is 7.71. The van der Waals surface area contributed by atoms with Gasteiger partial charge in [0.15, 0.2) is 11.5 Å². The number of nitrogens with one attached hydrogen (secondary N) is 1. The third kappa shape index (κ3) is 4.03. The molecular formula is C23H22N2O3S. The Kier molecular flexibility index (Phi) is 5.62. The van der Waals surface area contributed by atoms with E-state index in [0.717, 1.165) is 28.8 Å². The maximum Gasteiger partial charge on any atom is 0.259 e. The van der Waals surface area contributed by atoms with Crippen molar-refractivity contribution in [3.8, 4) is 33.3 Å². The standard InChI is InChI=1S/C23H22N2O3S/c1-3-4-12-28-18-11-10-16(13-19(18)27-2)21-24-22(26)17-14-20(29-23(17)25-21)15-8-6-5-7-9-15/h5-11,13-14H,3-4,12H2,1-2H3,(H,24,25,26). The molecule has 2 heterocycles. The van der Waals surface area contributed by atoms with Gasteiger partial charge in [0.2, 0.25) is 0 Å². The van der Waals surface area contributed by atoms with Crippen molar-refractivity contribution >= 4 is 21.6 Å². The number of unbranched alkanes of at least 4 members (excludes halogenated alkanes) is 1. The number of aromatic nitrogens is 2. The number of fused-ring (bicyclic) bond motifs is 1. The Bertz CT molecular complexity index is 1180. The lowest BCUT2D eigenvalue weighted by Gasteiger charge is -2.11. The molecule has 0 aliphatic heterocycles. The lowest BCUT2D eigenvalue weighted by atomic mass is 10.1. The summed E-state index contributed by atoms with van der Waals surface area (Å²) in [4.78, 5) is 22.0. The largest absolute Gasteiger partial charge is 0.493 e. The van der Waals surface area contributed by atoms with Gasteiger partial charge in [-0.25, -0.2) is 4.98 Å². The Morgan fingerprint density at radius 1 is 1.03 bits per heavy atom. The second kappa shape index (κ2) is 8.49. The lowest BCUT2D eigenvalue weighted by Crippen LogP contribution is -2.08. The number of rotatable bonds is 7. The molecule has 0 amide bonds. The van der Waals surface area contributed by atoms with Crippen LogP contribution in [-0.4, -0.2) is 23.7 Å². The third-order valence-corrected chi connectivity index (χ3v) is 5.73. The molecule has 0 radical (unpaired) electrons. The molecule has 0 saturated carbocycles. The number of H-pyrrole nitrogens is 1. The molecule has 4 rings (SSSR count). The van der Waals surface area contributed by atoms with E-state index in [1.54, 1.807) is 7.11 Å². The Hall–Kier alpha value is -3.12. The van der Waals surface area contributed by atoms with E-state index in [1.807, 2.05) is 54.6 Å². The monoisotopic (exact) mass is 406 g/mol. The number of thiophene rings is 1. The summed E-state index contributed by atoms with van der Waals surface area (Å²) in [6.45, 7) is 2.76. The molecule has 1 N–H and O–H groups in total. The highest BCUT2D eigenvalue weighted by Crippen LogP contribution is 2.34. The molecule has 148 valence electrons. The number of nitrogens with zero attached hydrogens (tertiary/aromatic N) is 1. The van der Waals surface area contributed by atoms with Gasteiger partial charge >= 0.3 is 0 Å². The SMILES string of the molecule is CCCCOc1ccc(-c2nc3sc(-c4ccccc4)cc3c(=O)[nH]2)cc1OC. The predicted octanol–water partition coefficient (Wildman–Crippen LogP) is 5.51. The summed E-state index contributed by atoms with van der Waals surface area (Å²) >= 11 is 1.51. The van der Waals surface area contributed by atoms with Crippen molar-refractivity contribution in [1.29, 1.82) is 0 Å². The van der Waals surface area contributed by atoms with Crippen molar-refractivity contribution in [2.75, 3.05) is 13.7 Å². The van der Waals surface area contributed by atoms with Gasteiger partial charge in [0, 0.05) is 10.4 Å². The maximum absolute atomic E-state index is 12.7. The number of hydrogen-bond acceptors (Lipinski definition) is 5. The highest BCUT2D eigenvalue weighted by atomic mass is 32.1. The van der Waals surface area contributed by atoms with E-state index in [-0.39, 0.29) is 5.56 Å². The van der Waals surface area contributed by atoms with E-state index in [0.29, 0.717) is 34.1 Å². The van der Waals surface area contributed by atoms with Gasteiger partial charge in [0.05, 0.1) is 19.1 Å². The number of aromatic amines is 1. The van der Waals surface area contributed by atoms with Crippen LogP contribution in [0.5, 0.6) is 11.5 Å². The van der Waals surface area contributed by atoms with E-state index in [4.69, 9.17) is 14.5 Å². The molecule has 0 aliphatic rings. The molecule has 2 aromatic heterocycles. The molecule has 0 atom stereocenters. The summed E-state index contributed by atoms with van der Waals surface area (Å²) in [5.74, 6) is 1.83. The molecule has 6 heteroatoms. The van der Waals surface area contributed by atoms with Crippen LogP contribution in [0.1, 0.15) is 19.8 Å². The van der Waals surface area contributed by atoms with Gasteiger partial charge in [-0.15, -0.1) is 11.3 Å². The van der Waals surface area contributed by atoms with Crippen LogP contribution in [0.25, 0.3) is 32.0 Å². The Balaban J connectivity index is 1.71. The summed E-state index contributed by atoms with van der Waals surface area (Å²) in [7, 11) is 1.61. The average Bonchev–Trinajstić information content (AvgIpc) is 3.20. The fourth-order valence-corrected chi connectivity index (χ4v) is 4.11. The molecule has 0 spiro atoms. The lowest BCUT2D eigenvalue weighted by molar-refractivity contribution is 0.288. The van der Waals surface area contributed by atoms with Crippen molar-refractivity contribution < 1.29 is 9.47 Å². The predicted molar refractivity (Wildman–Crippen MR) is 118 cm³/mol. The van der Waals surface area contributed by atoms with E-state index in [2.05, 4.69) is 11.9 Å². The van der Waals surface area contributed by atoms with Crippen LogP contribution >= 0.6 is 11.3 Å². The normalized spacial score (nSPS) is 11.0. The van der Waals surface area contributed by atoms with Crippen molar-refractivity contribution in [2.24, 2.45) is 0 Å². The number of hydrogen-bond donors (Lipinski definition) is 1. The molecule has 0 saturated heterocycles. The smallest absolute Gasteiger partial charge is 0.259 e. The second-order valence-electron chi connectivity index (χ2n) is 6.68. The van der Waals surface area contributed by atoms with Gasteiger partial charge in [-0.3, -0.25) is 4.79 Å². The molecule has 2 aromatic carbocycles. The summed E-state index contributed by atoms with van der Waals surface area (Å²) in [5, 5.41) is 0.601. The molecule has 0 fully saturated rings. The zero-order valence-corrected chi connectivity index (χ0v) is 17.2. The van der Waals surface area contributed by atoms with Crippen LogP contribution in [-0.2, 0) is 0 Å². The zero-order valence-electron chi connectivity index (χ0n) is 16.4. The highest BCUT2D eigenvalue weighted by Gasteiger charge is 2.13. The average molecular weight is 407 g/mol. The first-order valence-electron chi connectivity index (χ1n) is 9.60. The molecule has 5 nitrogen and oxygen atoms in total. The topological polar surface area (TPSA) is 64.2 Å². The van der Waals surface area contributed by atoms with Gasteiger partial charge in [0.1, 0.15) is 10.7 Å².